The Morgan fingerprint density at radius 2 is 1.18 bits per heavy atom. The van der Waals surface area contributed by atoms with Crippen LogP contribution in [-0.4, -0.2) is 38.5 Å². The molecule has 0 aliphatic carbocycles. The van der Waals surface area contributed by atoms with E-state index in [1.165, 1.54) is 5.56 Å². The summed E-state index contributed by atoms with van der Waals surface area (Å²) in [5.74, 6) is 0.787. The Balaban J connectivity index is 1.21. The van der Waals surface area contributed by atoms with Gasteiger partial charge in [0, 0.05) is 25.4 Å². The maximum absolute atomic E-state index is 6.48. The van der Waals surface area contributed by atoms with Crippen LogP contribution in [0, 0.1) is 0 Å². The molecule has 232 valence electrons. The van der Waals surface area contributed by atoms with E-state index in [4.69, 9.17) is 65.4 Å². The molecule has 0 radical (unpaired) electrons. The van der Waals surface area contributed by atoms with Crippen LogP contribution in [-0.2, 0) is 34.0 Å². The van der Waals surface area contributed by atoms with E-state index in [9.17, 15) is 0 Å². The summed E-state index contributed by atoms with van der Waals surface area (Å²) in [4.78, 5) is 0. The fourth-order valence-electron chi connectivity index (χ4n) is 5.18. The van der Waals surface area contributed by atoms with Crippen molar-refractivity contribution in [2.75, 3.05) is 26.3 Å². The van der Waals surface area contributed by atoms with Crippen molar-refractivity contribution >= 4 is 46.4 Å². The van der Waals surface area contributed by atoms with Crippen LogP contribution in [0.2, 0.25) is 20.1 Å². The molecule has 0 spiro atoms. The summed E-state index contributed by atoms with van der Waals surface area (Å²) >= 11 is 24.7. The molecule has 1 saturated heterocycles. The van der Waals surface area contributed by atoms with Gasteiger partial charge in [-0.1, -0.05) is 101 Å². The van der Waals surface area contributed by atoms with Crippen LogP contribution in [0.1, 0.15) is 34.6 Å². The van der Waals surface area contributed by atoms with E-state index < -0.39 is 0 Å². The molecule has 0 saturated carbocycles. The average molecular weight is 675 g/mol. The van der Waals surface area contributed by atoms with Crippen LogP contribution < -0.4 is 10.1 Å². The van der Waals surface area contributed by atoms with Gasteiger partial charge in [0.05, 0.1) is 65.3 Å². The third-order valence-corrected chi connectivity index (χ3v) is 8.94. The van der Waals surface area contributed by atoms with E-state index in [1.807, 2.05) is 54.6 Å². The van der Waals surface area contributed by atoms with E-state index in [0.29, 0.717) is 66.2 Å². The highest BCUT2D eigenvalue weighted by Gasteiger charge is 2.36. The second kappa shape index (κ2) is 16.8. The van der Waals surface area contributed by atoms with Gasteiger partial charge in [-0.25, -0.2) is 0 Å². The molecule has 1 N–H and O–H groups in total. The normalized spacial score (nSPS) is 18.3. The predicted octanol–water partition coefficient (Wildman–Crippen LogP) is 9.14. The standard InChI is InChI=1S/C35H35Cl4NO4/c36-29-13-7-25(17-31(29)38)22-43-33-19-40-20-34(44-23-26-8-14-30(37)32(39)18-26)35(33)27-9-11-28(12-10-27)42-16-4-15-41-21-24-5-2-1-3-6-24/h1-3,5-14,17-18,33-35,40H,4,15-16,19-23H2/t33-,34+,35?. The highest BCUT2D eigenvalue weighted by molar-refractivity contribution is 6.42. The lowest BCUT2D eigenvalue weighted by atomic mass is 9.85. The number of benzene rings is 4. The Morgan fingerprint density at radius 3 is 1.75 bits per heavy atom. The summed E-state index contributed by atoms with van der Waals surface area (Å²) in [6, 6.07) is 29.5. The monoisotopic (exact) mass is 673 g/mol. The van der Waals surface area contributed by atoms with Crippen LogP contribution in [0.4, 0.5) is 0 Å². The molecule has 5 rings (SSSR count). The maximum Gasteiger partial charge on any atom is 0.119 e. The van der Waals surface area contributed by atoms with Crippen LogP contribution in [0.5, 0.6) is 5.75 Å². The van der Waals surface area contributed by atoms with Gasteiger partial charge in [0.15, 0.2) is 0 Å². The molecule has 0 aromatic heterocycles. The van der Waals surface area contributed by atoms with Gasteiger partial charge in [0.25, 0.3) is 0 Å². The van der Waals surface area contributed by atoms with Gasteiger partial charge in [0.2, 0.25) is 0 Å². The van der Waals surface area contributed by atoms with Gasteiger partial charge in [-0.3, -0.25) is 0 Å². The first-order chi connectivity index (χ1) is 21.5. The van der Waals surface area contributed by atoms with E-state index >= 15 is 0 Å². The van der Waals surface area contributed by atoms with Crippen molar-refractivity contribution in [3.63, 3.8) is 0 Å². The second-order valence-electron chi connectivity index (χ2n) is 10.7. The molecule has 4 aromatic rings. The molecule has 5 nitrogen and oxygen atoms in total. The zero-order valence-corrected chi connectivity index (χ0v) is 27.2. The molecule has 0 amide bonds. The molecule has 1 aliphatic heterocycles. The molecule has 1 unspecified atom stereocenters. The van der Waals surface area contributed by atoms with Crippen molar-refractivity contribution in [3.8, 4) is 5.75 Å². The van der Waals surface area contributed by atoms with Gasteiger partial charge in [-0.15, -0.1) is 0 Å². The van der Waals surface area contributed by atoms with E-state index in [0.717, 1.165) is 28.9 Å². The minimum Gasteiger partial charge on any atom is -0.494 e. The molecule has 1 fully saturated rings. The molecular formula is C35H35Cl4NO4. The average Bonchev–Trinajstić information content (AvgIpc) is 3.04. The van der Waals surface area contributed by atoms with Gasteiger partial charge < -0.3 is 24.3 Å². The van der Waals surface area contributed by atoms with Crippen LogP contribution in [0.15, 0.2) is 91.0 Å². The van der Waals surface area contributed by atoms with Gasteiger partial charge in [-0.05, 0) is 58.7 Å². The number of halogens is 4. The number of piperidine rings is 1. The first-order valence-electron chi connectivity index (χ1n) is 14.6. The van der Waals surface area contributed by atoms with Crippen molar-refractivity contribution < 1.29 is 18.9 Å². The zero-order valence-electron chi connectivity index (χ0n) is 24.2. The van der Waals surface area contributed by atoms with Crippen LogP contribution >= 0.6 is 46.4 Å². The molecular weight excluding hydrogens is 640 g/mol. The molecule has 4 aromatic carbocycles. The van der Waals surface area contributed by atoms with E-state index in [-0.39, 0.29) is 18.1 Å². The zero-order chi connectivity index (χ0) is 30.7. The van der Waals surface area contributed by atoms with Crippen molar-refractivity contribution in [2.24, 2.45) is 0 Å². The number of rotatable bonds is 14. The first kappa shape index (κ1) is 33.1. The largest absolute Gasteiger partial charge is 0.494 e. The summed E-state index contributed by atoms with van der Waals surface area (Å²) in [5, 5.41) is 5.53. The van der Waals surface area contributed by atoms with Crippen LogP contribution in [0.3, 0.4) is 0 Å². The number of hydrogen-bond donors (Lipinski definition) is 1. The Kier molecular flexibility index (Phi) is 12.6. The topological polar surface area (TPSA) is 49.0 Å². The van der Waals surface area contributed by atoms with E-state index in [1.54, 1.807) is 12.1 Å². The van der Waals surface area contributed by atoms with Crippen LogP contribution in [0.25, 0.3) is 0 Å². The summed E-state index contributed by atoms with van der Waals surface area (Å²) in [5.41, 5.74) is 4.19. The highest BCUT2D eigenvalue weighted by atomic mass is 35.5. The number of ether oxygens (including phenoxy) is 4. The summed E-state index contributed by atoms with van der Waals surface area (Å²) in [7, 11) is 0. The summed E-state index contributed by atoms with van der Waals surface area (Å²) in [6.45, 7) is 3.97. The van der Waals surface area contributed by atoms with Crippen molar-refractivity contribution in [3.05, 3.63) is 133 Å². The summed E-state index contributed by atoms with van der Waals surface area (Å²) < 4.78 is 24.7. The lowest BCUT2D eigenvalue weighted by molar-refractivity contribution is -0.0650. The first-order valence-corrected chi connectivity index (χ1v) is 16.1. The number of hydrogen-bond acceptors (Lipinski definition) is 5. The lowest BCUT2D eigenvalue weighted by Crippen LogP contribution is -2.50. The SMILES string of the molecule is Clc1ccc(CO[C@H]2CNC[C@@H](OCc3ccc(Cl)c(Cl)c3)C2c2ccc(OCCCOCc3ccccc3)cc2)cc1Cl. The Bertz CT molecular complexity index is 1410. The van der Waals surface area contributed by atoms with Crippen molar-refractivity contribution in [2.45, 2.75) is 44.4 Å². The third kappa shape index (κ3) is 9.59. The minimum atomic E-state index is -0.148. The summed E-state index contributed by atoms with van der Waals surface area (Å²) in [6.07, 6.45) is 0.508. The molecule has 1 aliphatic rings. The molecule has 1 heterocycles. The smallest absolute Gasteiger partial charge is 0.119 e. The molecule has 3 atom stereocenters. The molecule has 0 bridgehead atoms. The third-order valence-electron chi connectivity index (χ3n) is 7.47. The van der Waals surface area contributed by atoms with Crippen molar-refractivity contribution in [1.82, 2.24) is 5.32 Å². The Labute approximate surface area is 279 Å². The number of nitrogens with one attached hydrogen (secondary N) is 1. The molecule has 44 heavy (non-hydrogen) atoms. The van der Waals surface area contributed by atoms with Gasteiger partial charge >= 0.3 is 0 Å². The second-order valence-corrected chi connectivity index (χ2v) is 12.3. The fourth-order valence-corrected chi connectivity index (χ4v) is 5.82. The van der Waals surface area contributed by atoms with Gasteiger partial charge in [0.1, 0.15) is 5.75 Å². The Hall–Kier alpha value is -2.32. The van der Waals surface area contributed by atoms with E-state index in [2.05, 4.69) is 29.6 Å². The Morgan fingerprint density at radius 1 is 0.591 bits per heavy atom. The predicted molar refractivity (Wildman–Crippen MR) is 178 cm³/mol. The maximum atomic E-state index is 6.48. The molecule has 9 heteroatoms. The quantitative estimate of drug-likeness (QED) is 0.135. The van der Waals surface area contributed by atoms with Crippen molar-refractivity contribution in [1.29, 1.82) is 0 Å². The minimum absolute atomic E-state index is 0.0257. The van der Waals surface area contributed by atoms with Gasteiger partial charge in [-0.2, -0.15) is 0 Å². The lowest BCUT2D eigenvalue weighted by Gasteiger charge is -2.39. The fraction of sp³-hybridized carbons (Fsp3) is 0.314. The highest BCUT2D eigenvalue weighted by Crippen LogP contribution is 2.33.